The van der Waals surface area contributed by atoms with Crippen molar-refractivity contribution in [2.75, 3.05) is 60.2 Å². The van der Waals surface area contributed by atoms with Crippen LogP contribution in [-0.4, -0.2) is 83.0 Å². The molecule has 1 amide bonds. The molecule has 0 aliphatic carbocycles. The molecule has 0 aromatic heterocycles. The molecular weight excluding hydrogens is 410 g/mol. The molecule has 1 atom stereocenters. The molecule has 0 bridgehead atoms. The molecule has 9 nitrogen and oxygen atoms in total. The maximum absolute atomic E-state index is 11.9. The molecule has 9 heteroatoms. The summed E-state index contributed by atoms with van der Waals surface area (Å²) >= 11 is 0. The first kappa shape index (κ1) is 25.7. The number of rotatable bonds is 11. The summed E-state index contributed by atoms with van der Waals surface area (Å²) in [5, 5.41) is 9.44. The summed E-state index contributed by atoms with van der Waals surface area (Å²) in [7, 11) is 3.28. The number of hydrogen-bond donors (Lipinski definition) is 3. The molecule has 0 saturated carbocycles. The molecule has 1 unspecified atom stereocenters. The Morgan fingerprint density at radius 2 is 1.88 bits per heavy atom. The summed E-state index contributed by atoms with van der Waals surface area (Å²) in [5.74, 6) is 2.13. The van der Waals surface area contributed by atoms with Gasteiger partial charge in [-0.25, -0.2) is 0 Å². The van der Waals surface area contributed by atoms with Crippen molar-refractivity contribution in [1.29, 1.82) is 0 Å². The number of guanidine groups is 1. The second-order valence-corrected chi connectivity index (χ2v) is 7.90. The highest BCUT2D eigenvalue weighted by atomic mass is 16.5. The molecule has 0 radical (unpaired) electrons. The van der Waals surface area contributed by atoms with Crippen molar-refractivity contribution in [1.82, 2.24) is 20.9 Å². The number of ether oxygens (including phenoxy) is 3. The van der Waals surface area contributed by atoms with Crippen LogP contribution in [-0.2, 0) is 9.53 Å². The van der Waals surface area contributed by atoms with Crippen LogP contribution < -0.4 is 25.4 Å². The lowest BCUT2D eigenvalue weighted by molar-refractivity contribution is -0.121. The maximum Gasteiger partial charge on any atom is 0.221 e. The van der Waals surface area contributed by atoms with Crippen molar-refractivity contribution in [2.45, 2.75) is 39.3 Å². The Kier molecular flexibility index (Phi) is 11.1. The molecule has 1 saturated heterocycles. The molecule has 32 heavy (non-hydrogen) atoms. The van der Waals surface area contributed by atoms with Crippen LogP contribution in [0.25, 0.3) is 0 Å². The number of hydrogen-bond acceptors (Lipinski definition) is 6. The van der Waals surface area contributed by atoms with E-state index in [1.54, 1.807) is 14.2 Å². The Hall–Kier alpha value is -2.52. The molecule has 1 fully saturated rings. The zero-order valence-electron chi connectivity index (χ0n) is 20.1. The van der Waals surface area contributed by atoms with E-state index in [1.807, 2.05) is 32.9 Å². The van der Waals surface area contributed by atoms with Crippen LogP contribution >= 0.6 is 0 Å². The number of nitrogens with one attached hydrogen (secondary N) is 3. The van der Waals surface area contributed by atoms with Gasteiger partial charge in [0.05, 0.1) is 40.0 Å². The van der Waals surface area contributed by atoms with Crippen molar-refractivity contribution < 1.29 is 19.0 Å². The second kappa shape index (κ2) is 13.8. The molecule has 2 rings (SSSR count). The lowest BCUT2D eigenvalue weighted by Gasteiger charge is -2.34. The first-order chi connectivity index (χ1) is 15.5. The van der Waals surface area contributed by atoms with Crippen molar-refractivity contribution in [3.63, 3.8) is 0 Å². The van der Waals surface area contributed by atoms with E-state index in [0.717, 1.165) is 25.2 Å². The quantitative estimate of drug-likeness (QED) is 0.348. The zero-order chi connectivity index (χ0) is 23.3. The third-order valence-electron chi connectivity index (χ3n) is 5.14. The van der Waals surface area contributed by atoms with Crippen LogP contribution in [0.3, 0.4) is 0 Å². The van der Waals surface area contributed by atoms with Crippen LogP contribution in [0, 0.1) is 0 Å². The van der Waals surface area contributed by atoms with Crippen LogP contribution in [0.5, 0.6) is 11.5 Å². The van der Waals surface area contributed by atoms with Gasteiger partial charge in [0.1, 0.15) is 0 Å². The van der Waals surface area contributed by atoms with Crippen molar-refractivity contribution in [2.24, 2.45) is 4.99 Å². The zero-order valence-corrected chi connectivity index (χ0v) is 20.1. The SMILES string of the molecule is CCNC(=NCC(c1ccc(OC)c(OC)c1)N1CCOCC1)NCCC(=O)NC(C)C. The standard InChI is InChI=1S/C23H39N5O4/c1-6-24-23(25-10-9-22(29)27-17(2)3)26-16-19(28-11-13-32-14-12-28)18-7-8-20(30-4)21(15-18)31-5/h7-8,15,17,19H,6,9-14,16H2,1-5H3,(H,27,29)(H2,24,25,26). The molecule has 180 valence electrons. The normalized spacial score (nSPS) is 15.9. The number of methoxy groups -OCH3 is 2. The third kappa shape index (κ3) is 8.20. The van der Waals surface area contributed by atoms with Gasteiger partial charge in [-0.3, -0.25) is 14.7 Å². The van der Waals surface area contributed by atoms with Gasteiger partial charge in [0.25, 0.3) is 0 Å². The molecule has 1 aromatic rings. The minimum atomic E-state index is 0.0277. The molecular formula is C23H39N5O4. The summed E-state index contributed by atoms with van der Waals surface area (Å²) in [6, 6.07) is 6.22. The highest BCUT2D eigenvalue weighted by Gasteiger charge is 2.24. The monoisotopic (exact) mass is 449 g/mol. The molecule has 1 aliphatic heterocycles. The number of morpholine rings is 1. The molecule has 1 aromatic carbocycles. The average molecular weight is 450 g/mol. The van der Waals surface area contributed by atoms with Gasteiger partial charge in [-0.05, 0) is 38.5 Å². The lowest BCUT2D eigenvalue weighted by Crippen LogP contribution is -2.42. The first-order valence-corrected chi connectivity index (χ1v) is 11.3. The number of benzene rings is 1. The maximum atomic E-state index is 11.9. The summed E-state index contributed by atoms with van der Waals surface area (Å²) in [4.78, 5) is 19.1. The minimum Gasteiger partial charge on any atom is -0.493 e. The van der Waals surface area contributed by atoms with E-state index in [2.05, 4.69) is 26.9 Å². The van der Waals surface area contributed by atoms with E-state index in [9.17, 15) is 4.79 Å². The Morgan fingerprint density at radius 1 is 1.16 bits per heavy atom. The van der Waals surface area contributed by atoms with Gasteiger partial charge in [-0.2, -0.15) is 0 Å². The number of aliphatic imine (C=N–C) groups is 1. The summed E-state index contributed by atoms with van der Waals surface area (Å²) in [6.45, 7) is 10.8. The largest absolute Gasteiger partial charge is 0.493 e. The van der Waals surface area contributed by atoms with Crippen LogP contribution in [0.2, 0.25) is 0 Å². The number of carbonyl (C=O) groups is 1. The van der Waals surface area contributed by atoms with Gasteiger partial charge in [-0.15, -0.1) is 0 Å². The number of nitrogens with zero attached hydrogens (tertiary/aromatic N) is 2. The molecule has 1 aliphatic rings. The van der Waals surface area contributed by atoms with E-state index < -0.39 is 0 Å². The average Bonchev–Trinajstić information content (AvgIpc) is 2.79. The van der Waals surface area contributed by atoms with E-state index >= 15 is 0 Å². The fraction of sp³-hybridized carbons (Fsp3) is 0.652. The smallest absolute Gasteiger partial charge is 0.221 e. The fourth-order valence-corrected chi connectivity index (χ4v) is 3.59. The highest BCUT2D eigenvalue weighted by molar-refractivity contribution is 5.81. The van der Waals surface area contributed by atoms with Gasteiger partial charge in [0.15, 0.2) is 17.5 Å². The number of amides is 1. The third-order valence-corrected chi connectivity index (χ3v) is 5.14. The summed E-state index contributed by atoms with van der Waals surface area (Å²) in [6.07, 6.45) is 0.394. The van der Waals surface area contributed by atoms with Gasteiger partial charge in [0.2, 0.25) is 5.91 Å². The molecule has 1 heterocycles. The highest BCUT2D eigenvalue weighted by Crippen LogP contribution is 2.32. The first-order valence-electron chi connectivity index (χ1n) is 11.3. The molecule has 0 spiro atoms. The topological polar surface area (TPSA) is 96.5 Å². The van der Waals surface area contributed by atoms with Crippen LogP contribution in [0.4, 0.5) is 0 Å². The minimum absolute atomic E-state index is 0.0277. The van der Waals surface area contributed by atoms with Crippen molar-refractivity contribution in [3.05, 3.63) is 23.8 Å². The number of carbonyl (C=O) groups excluding carboxylic acids is 1. The Bertz CT molecular complexity index is 735. The summed E-state index contributed by atoms with van der Waals surface area (Å²) in [5.41, 5.74) is 1.11. The van der Waals surface area contributed by atoms with E-state index in [-0.39, 0.29) is 18.0 Å². The van der Waals surface area contributed by atoms with Crippen molar-refractivity contribution >= 4 is 11.9 Å². The Labute approximate surface area is 191 Å². The summed E-state index contributed by atoms with van der Waals surface area (Å²) < 4.78 is 16.5. The molecule has 3 N–H and O–H groups in total. The predicted molar refractivity (Wildman–Crippen MR) is 127 cm³/mol. The van der Waals surface area contributed by atoms with Gasteiger partial charge in [-0.1, -0.05) is 6.07 Å². The van der Waals surface area contributed by atoms with Gasteiger partial charge < -0.3 is 30.2 Å². The second-order valence-electron chi connectivity index (χ2n) is 7.90. The van der Waals surface area contributed by atoms with Crippen LogP contribution in [0.15, 0.2) is 23.2 Å². The van der Waals surface area contributed by atoms with E-state index in [4.69, 9.17) is 19.2 Å². The Morgan fingerprint density at radius 3 is 2.50 bits per heavy atom. The predicted octanol–water partition coefficient (Wildman–Crippen LogP) is 1.55. The van der Waals surface area contributed by atoms with E-state index in [1.165, 1.54) is 0 Å². The van der Waals surface area contributed by atoms with Crippen molar-refractivity contribution in [3.8, 4) is 11.5 Å². The Balaban J connectivity index is 2.14. The van der Waals surface area contributed by atoms with E-state index in [0.29, 0.717) is 50.2 Å². The van der Waals surface area contributed by atoms with Gasteiger partial charge >= 0.3 is 0 Å². The lowest BCUT2D eigenvalue weighted by atomic mass is 10.0. The van der Waals surface area contributed by atoms with Crippen LogP contribution in [0.1, 0.15) is 38.8 Å². The van der Waals surface area contributed by atoms with Gasteiger partial charge in [0, 0.05) is 38.6 Å². The fourth-order valence-electron chi connectivity index (χ4n) is 3.59.